The van der Waals surface area contributed by atoms with Gasteiger partial charge in [0.1, 0.15) is 0 Å². The van der Waals surface area contributed by atoms with E-state index < -0.39 is 11.7 Å². The Morgan fingerprint density at radius 3 is 1.32 bits per heavy atom. The van der Waals surface area contributed by atoms with E-state index in [-0.39, 0.29) is 0 Å². The molecule has 0 fully saturated rings. The average Bonchev–Trinajstić information content (AvgIpc) is 3.61. The molecule has 10 rings (SSSR count). The van der Waals surface area contributed by atoms with E-state index in [1.54, 1.807) is 6.07 Å². The normalized spacial score (nSPS) is 11.8. The summed E-state index contributed by atoms with van der Waals surface area (Å²) in [7, 11) is 0. The first kappa shape index (κ1) is 41.4. The van der Waals surface area contributed by atoms with E-state index in [2.05, 4.69) is 107 Å². The van der Waals surface area contributed by atoms with Crippen LogP contribution < -0.4 is 0 Å². The van der Waals surface area contributed by atoms with Crippen LogP contribution in [0.1, 0.15) is 38.9 Å². The average molecular weight is 855 g/mol. The number of hydrogen-bond donors (Lipinski definition) is 0. The summed E-state index contributed by atoms with van der Waals surface area (Å²) in [5.41, 5.74) is 17.0. The van der Waals surface area contributed by atoms with Gasteiger partial charge in [-0.2, -0.15) is 13.2 Å². The minimum absolute atomic E-state index is 0.348. The third-order valence-electron chi connectivity index (χ3n) is 12.4. The Hall–Kier alpha value is -7.64. The van der Waals surface area contributed by atoms with Crippen LogP contribution >= 0.6 is 0 Å². The summed E-state index contributed by atoms with van der Waals surface area (Å²) < 4.78 is 45.6. The lowest BCUT2D eigenvalue weighted by atomic mass is 9.91. The molecule has 10 aromatic rings. The smallest absolute Gasteiger partial charge is 0.309 e. The number of rotatable bonds is 7. The summed E-state index contributed by atoms with van der Waals surface area (Å²) in [5.74, 6) is 1.27. The molecule has 0 N–H and O–H groups in total. The summed E-state index contributed by atoms with van der Waals surface area (Å²) in [4.78, 5) is 14.9. The Balaban J connectivity index is 1.25. The van der Waals surface area contributed by atoms with Gasteiger partial charge >= 0.3 is 6.18 Å². The highest BCUT2D eigenvalue weighted by atomic mass is 19.4. The molecule has 4 nitrogen and oxygen atoms in total. The van der Waals surface area contributed by atoms with Crippen molar-refractivity contribution in [1.82, 2.24) is 19.5 Å². The van der Waals surface area contributed by atoms with Crippen molar-refractivity contribution in [2.24, 2.45) is 0 Å². The molecule has 65 heavy (non-hydrogen) atoms. The van der Waals surface area contributed by atoms with Gasteiger partial charge in [0.15, 0.2) is 17.5 Å². The zero-order valence-electron chi connectivity index (χ0n) is 37.0. The van der Waals surface area contributed by atoms with E-state index >= 15 is 0 Å². The summed E-state index contributed by atoms with van der Waals surface area (Å²) >= 11 is 0. The maximum Gasteiger partial charge on any atom is 0.416 e. The number of benzene rings is 8. The predicted molar refractivity (Wildman–Crippen MR) is 260 cm³/mol. The molecule has 0 aliphatic carbocycles. The Morgan fingerprint density at radius 1 is 0.385 bits per heavy atom. The lowest BCUT2D eigenvalue weighted by Gasteiger charge is -2.17. The lowest BCUT2D eigenvalue weighted by molar-refractivity contribution is -0.137. The van der Waals surface area contributed by atoms with Gasteiger partial charge in [-0.1, -0.05) is 120 Å². The number of aryl methyl sites for hydroxylation is 6. The van der Waals surface area contributed by atoms with Gasteiger partial charge in [0.25, 0.3) is 0 Å². The molecule has 2 heterocycles. The highest BCUT2D eigenvalue weighted by molar-refractivity contribution is 6.12. The largest absolute Gasteiger partial charge is 0.416 e. The van der Waals surface area contributed by atoms with Crippen LogP contribution in [0.2, 0.25) is 0 Å². The Kier molecular flexibility index (Phi) is 10.3. The highest BCUT2D eigenvalue weighted by Crippen LogP contribution is 2.42. The minimum atomic E-state index is -4.55. The molecule has 318 valence electrons. The van der Waals surface area contributed by atoms with Gasteiger partial charge in [0, 0.05) is 33.2 Å². The van der Waals surface area contributed by atoms with Gasteiger partial charge in [0.2, 0.25) is 0 Å². The van der Waals surface area contributed by atoms with Crippen LogP contribution in [-0.4, -0.2) is 19.5 Å². The van der Waals surface area contributed by atoms with Gasteiger partial charge in [-0.25, -0.2) is 15.0 Å². The molecule has 0 radical (unpaired) electrons. The summed E-state index contributed by atoms with van der Waals surface area (Å²) in [6.07, 6.45) is -4.55. The molecule has 0 amide bonds. The first-order valence-corrected chi connectivity index (χ1v) is 21.7. The second-order valence-corrected chi connectivity index (χ2v) is 17.2. The minimum Gasteiger partial charge on any atom is -0.309 e. The molecule has 8 aromatic carbocycles. The first-order valence-electron chi connectivity index (χ1n) is 21.7. The maximum absolute atomic E-state index is 14.5. The topological polar surface area (TPSA) is 43.6 Å². The van der Waals surface area contributed by atoms with E-state index in [0.29, 0.717) is 34.2 Å². The maximum atomic E-state index is 14.5. The number of fused-ring (bicyclic) bond motifs is 3. The van der Waals surface area contributed by atoms with Gasteiger partial charge in [-0.15, -0.1) is 0 Å². The second-order valence-electron chi connectivity index (χ2n) is 17.2. The number of hydrogen-bond acceptors (Lipinski definition) is 3. The first-order chi connectivity index (χ1) is 31.3. The van der Waals surface area contributed by atoms with E-state index in [1.807, 2.05) is 78.9 Å². The molecule has 0 unspecified atom stereocenters. The molecule has 0 aliphatic rings. The Bertz CT molecular complexity index is 3260. The van der Waals surface area contributed by atoms with Gasteiger partial charge in [-0.05, 0) is 152 Å². The summed E-state index contributed by atoms with van der Waals surface area (Å²) in [5, 5.41) is 2.15. The van der Waals surface area contributed by atoms with Crippen molar-refractivity contribution in [2.45, 2.75) is 47.7 Å². The van der Waals surface area contributed by atoms with Crippen LogP contribution in [0.3, 0.4) is 0 Å². The van der Waals surface area contributed by atoms with Crippen LogP contribution in [-0.2, 0) is 6.18 Å². The van der Waals surface area contributed by atoms with Crippen LogP contribution in [0.25, 0.3) is 95.0 Å². The van der Waals surface area contributed by atoms with Crippen molar-refractivity contribution in [3.8, 4) is 73.2 Å². The zero-order chi connectivity index (χ0) is 45.1. The monoisotopic (exact) mass is 854 g/mol. The highest BCUT2D eigenvalue weighted by Gasteiger charge is 2.31. The van der Waals surface area contributed by atoms with Crippen molar-refractivity contribution >= 4 is 21.8 Å². The van der Waals surface area contributed by atoms with Crippen molar-refractivity contribution in [3.05, 3.63) is 203 Å². The van der Waals surface area contributed by atoms with Crippen molar-refractivity contribution < 1.29 is 13.2 Å². The molecule has 2 aromatic heterocycles. The van der Waals surface area contributed by atoms with Crippen molar-refractivity contribution in [1.29, 1.82) is 0 Å². The van der Waals surface area contributed by atoms with E-state index in [4.69, 9.17) is 15.0 Å². The van der Waals surface area contributed by atoms with Gasteiger partial charge in [-0.3, -0.25) is 0 Å². The molecule has 0 saturated heterocycles. The third kappa shape index (κ3) is 7.67. The van der Waals surface area contributed by atoms with E-state index in [9.17, 15) is 13.2 Å². The molecule has 7 heteroatoms. The second kappa shape index (κ2) is 16.2. The Morgan fingerprint density at radius 2 is 0.846 bits per heavy atom. The van der Waals surface area contributed by atoms with E-state index in [0.717, 1.165) is 55.8 Å². The third-order valence-corrected chi connectivity index (χ3v) is 12.4. The van der Waals surface area contributed by atoms with Gasteiger partial charge in [0.05, 0.1) is 16.6 Å². The lowest BCUT2D eigenvalue weighted by Crippen LogP contribution is -2.05. The van der Waals surface area contributed by atoms with Crippen LogP contribution in [0.4, 0.5) is 13.2 Å². The van der Waals surface area contributed by atoms with Crippen molar-refractivity contribution in [2.75, 3.05) is 0 Å². The van der Waals surface area contributed by atoms with Crippen LogP contribution in [0.15, 0.2) is 164 Å². The fourth-order valence-electron chi connectivity index (χ4n) is 9.78. The fraction of sp³-hybridized carbons (Fsp3) is 0.121. The van der Waals surface area contributed by atoms with Crippen LogP contribution in [0.5, 0.6) is 0 Å². The predicted octanol–water partition coefficient (Wildman–Crippen LogP) is 15.8. The quantitative estimate of drug-likeness (QED) is 0.160. The molecule has 0 saturated carbocycles. The number of alkyl halides is 3. The summed E-state index contributed by atoms with van der Waals surface area (Å²) in [6, 6.07) is 52.9. The van der Waals surface area contributed by atoms with Crippen LogP contribution in [0, 0.1) is 41.5 Å². The molecular weight excluding hydrogens is 810 g/mol. The standard InChI is InChI=1S/C58H45F3N4/c1-34-26-36(3)53(37(4)27-34)43-20-24-51-49(31-43)50-32-44(54-38(5)28-35(2)29-39(54)6)21-25-52(50)65(51)46-22-23-47(48(33-46)42-18-13-19-45(30-42)58(59,60)61)57-63-55(40-14-9-7-10-15-40)62-56(64-57)41-16-11-8-12-17-41/h7-33H,1-6H3. The van der Waals surface area contributed by atoms with Gasteiger partial charge < -0.3 is 4.57 Å². The zero-order valence-corrected chi connectivity index (χ0v) is 37.0. The number of nitrogens with zero attached hydrogens (tertiary/aromatic N) is 4. The van der Waals surface area contributed by atoms with E-state index in [1.165, 1.54) is 56.6 Å². The molecule has 0 spiro atoms. The summed E-state index contributed by atoms with van der Waals surface area (Å²) in [6.45, 7) is 12.9. The molecule has 0 atom stereocenters. The Labute approximate surface area is 376 Å². The SMILES string of the molecule is Cc1cc(C)c(-c2ccc3c(c2)c2cc(-c4c(C)cc(C)cc4C)ccc2n3-c2ccc(-c3nc(-c4ccccc4)nc(-c4ccccc4)n3)c(-c3cccc(C(F)(F)F)c3)c2)c(C)c1. The molecule has 0 bridgehead atoms. The number of halogens is 3. The van der Waals surface area contributed by atoms with Crippen molar-refractivity contribution in [3.63, 3.8) is 0 Å². The number of aromatic nitrogens is 4. The fourth-order valence-corrected chi connectivity index (χ4v) is 9.78. The molecular formula is C58H45F3N4. The molecule has 0 aliphatic heterocycles.